The molecular formula is C15H20FNO3S. The number of carbonyl (C=O) groups is 2. The predicted molar refractivity (Wildman–Crippen MR) is 80.6 cm³/mol. The average molecular weight is 313 g/mol. The molecule has 0 heterocycles. The van der Waals surface area contributed by atoms with Crippen LogP contribution in [0.3, 0.4) is 0 Å². The number of nitrogens with one attached hydrogen (secondary N) is 1. The van der Waals surface area contributed by atoms with Gasteiger partial charge in [-0.05, 0) is 52.0 Å². The summed E-state index contributed by atoms with van der Waals surface area (Å²) in [6.45, 7) is 6.88. The van der Waals surface area contributed by atoms with Crippen LogP contribution in [0.15, 0.2) is 29.2 Å². The van der Waals surface area contributed by atoms with Crippen molar-refractivity contribution in [2.45, 2.75) is 44.2 Å². The second kappa shape index (κ2) is 7.45. The van der Waals surface area contributed by atoms with Crippen LogP contribution in [-0.4, -0.2) is 29.3 Å². The number of hydrogen-bond acceptors (Lipinski definition) is 4. The van der Waals surface area contributed by atoms with Crippen molar-refractivity contribution in [3.8, 4) is 0 Å². The number of benzene rings is 1. The zero-order valence-corrected chi connectivity index (χ0v) is 13.4. The molecule has 1 atom stereocenters. The topological polar surface area (TPSA) is 55.4 Å². The quantitative estimate of drug-likeness (QED) is 0.671. The number of halogens is 1. The minimum absolute atomic E-state index is 0.152. The fourth-order valence-corrected chi connectivity index (χ4v) is 2.12. The van der Waals surface area contributed by atoms with Crippen molar-refractivity contribution < 1.29 is 18.7 Å². The van der Waals surface area contributed by atoms with E-state index in [-0.39, 0.29) is 17.5 Å². The minimum atomic E-state index is -0.703. The molecule has 21 heavy (non-hydrogen) atoms. The summed E-state index contributed by atoms with van der Waals surface area (Å²) in [4.78, 5) is 24.3. The summed E-state index contributed by atoms with van der Waals surface area (Å²) in [5.74, 6) is -0.911. The van der Waals surface area contributed by atoms with Crippen molar-refractivity contribution in [1.82, 2.24) is 5.32 Å². The molecule has 1 aromatic carbocycles. The van der Waals surface area contributed by atoms with E-state index in [1.54, 1.807) is 39.8 Å². The summed E-state index contributed by atoms with van der Waals surface area (Å²) in [5.41, 5.74) is -0.584. The third kappa shape index (κ3) is 7.13. The number of thioether (sulfide) groups is 1. The second-order valence-corrected chi connectivity index (χ2v) is 6.61. The van der Waals surface area contributed by atoms with Gasteiger partial charge in [-0.1, -0.05) is 0 Å². The van der Waals surface area contributed by atoms with E-state index < -0.39 is 17.6 Å². The Kier molecular flexibility index (Phi) is 6.20. The van der Waals surface area contributed by atoms with Crippen molar-refractivity contribution in [3.63, 3.8) is 0 Å². The predicted octanol–water partition coefficient (Wildman–Crippen LogP) is 2.76. The Balaban J connectivity index is 2.39. The zero-order chi connectivity index (χ0) is 16.0. The van der Waals surface area contributed by atoms with Gasteiger partial charge in [0.15, 0.2) is 0 Å². The largest absolute Gasteiger partial charge is 0.458 e. The van der Waals surface area contributed by atoms with E-state index >= 15 is 0 Å². The summed E-state index contributed by atoms with van der Waals surface area (Å²) >= 11 is 1.27. The molecule has 0 aliphatic carbocycles. The third-order valence-corrected chi connectivity index (χ3v) is 3.33. The third-order valence-electron chi connectivity index (χ3n) is 2.32. The van der Waals surface area contributed by atoms with Crippen molar-refractivity contribution in [1.29, 1.82) is 0 Å². The molecule has 0 bridgehead atoms. The molecule has 116 valence electrons. The molecule has 0 saturated heterocycles. The Morgan fingerprint density at radius 3 is 2.38 bits per heavy atom. The van der Waals surface area contributed by atoms with E-state index in [1.807, 2.05) is 0 Å². The number of ether oxygens (including phenoxy) is 1. The van der Waals surface area contributed by atoms with Gasteiger partial charge in [-0.2, -0.15) is 0 Å². The van der Waals surface area contributed by atoms with Crippen LogP contribution in [0.2, 0.25) is 0 Å². The van der Waals surface area contributed by atoms with Crippen LogP contribution in [0.25, 0.3) is 0 Å². The van der Waals surface area contributed by atoms with Crippen molar-refractivity contribution >= 4 is 23.6 Å². The molecule has 0 aliphatic heterocycles. The van der Waals surface area contributed by atoms with Crippen LogP contribution in [0, 0.1) is 5.82 Å². The van der Waals surface area contributed by atoms with Crippen molar-refractivity contribution in [3.05, 3.63) is 30.1 Å². The highest BCUT2D eigenvalue weighted by Crippen LogP contribution is 2.17. The normalized spacial score (nSPS) is 12.6. The van der Waals surface area contributed by atoms with Gasteiger partial charge in [-0.3, -0.25) is 4.79 Å². The maximum absolute atomic E-state index is 12.7. The molecule has 0 fully saturated rings. The minimum Gasteiger partial charge on any atom is -0.458 e. The first-order valence-corrected chi connectivity index (χ1v) is 7.56. The van der Waals surface area contributed by atoms with Crippen LogP contribution in [0.4, 0.5) is 4.39 Å². The van der Waals surface area contributed by atoms with Gasteiger partial charge in [0.25, 0.3) is 0 Å². The first-order chi connectivity index (χ1) is 9.67. The lowest BCUT2D eigenvalue weighted by Gasteiger charge is -2.22. The van der Waals surface area contributed by atoms with Gasteiger partial charge in [0.2, 0.25) is 5.91 Å². The molecule has 0 aromatic heterocycles. The Hall–Kier alpha value is -1.56. The summed E-state index contributed by atoms with van der Waals surface area (Å²) in [6.07, 6.45) is 0. The van der Waals surface area contributed by atoms with Crippen molar-refractivity contribution in [2.75, 3.05) is 5.75 Å². The van der Waals surface area contributed by atoms with Gasteiger partial charge in [0, 0.05) is 4.90 Å². The van der Waals surface area contributed by atoms with Gasteiger partial charge in [0.1, 0.15) is 17.5 Å². The van der Waals surface area contributed by atoms with Gasteiger partial charge < -0.3 is 10.1 Å². The summed E-state index contributed by atoms with van der Waals surface area (Å²) in [5, 5.41) is 2.58. The van der Waals surface area contributed by atoms with Crippen LogP contribution >= 0.6 is 11.8 Å². The SMILES string of the molecule is C[C@@H](NC(=O)CSc1ccc(F)cc1)C(=O)OC(C)(C)C. The Morgan fingerprint density at radius 1 is 1.29 bits per heavy atom. The maximum atomic E-state index is 12.7. The fourth-order valence-electron chi connectivity index (χ4n) is 1.41. The number of amides is 1. The lowest BCUT2D eigenvalue weighted by molar-refractivity contribution is -0.157. The molecule has 1 rings (SSSR count). The van der Waals surface area contributed by atoms with Gasteiger partial charge in [-0.25, -0.2) is 9.18 Å². The highest BCUT2D eigenvalue weighted by Gasteiger charge is 2.22. The van der Waals surface area contributed by atoms with Crippen LogP contribution in [-0.2, 0) is 14.3 Å². The molecule has 0 spiro atoms. The first kappa shape index (κ1) is 17.5. The lowest BCUT2D eigenvalue weighted by atomic mass is 10.2. The van der Waals surface area contributed by atoms with Gasteiger partial charge >= 0.3 is 5.97 Å². The van der Waals surface area contributed by atoms with E-state index in [0.29, 0.717) is 0 Å². The standard InChI is InChI=1S/C15H20FNO3S/c1-10(14(19)20-15(2,3)4)17-13(18)9-21-12-7-5-11(16)6-8-12/h5-8,10H,9H2,1-4H3,(H,17,18)/t10-/m1/s1. The van der Waals surface area contributed by atoms with Crippen LogP contribution in [0.5, 0.6) is 0 Å². The van der Waals surface area contributed by atoms with Crippen LogP contribution < -0.4 is 5.32 Å². The van der Waals surface area contributed by atoms with E-state index in [4.69, 9.17) is 4.74 Å². The van der Waals surface area contributed by atoms with Gasteiger partial charge in [-0.15, -0.1) is 11.8 Å². The maximum Gasteiger partial charge on any atom is 0.328 e. The smallest absolute Gasteiger partial charge is 0.328 e. The van der Waals surface area contributed by atoms with Gasteiger partial charge in [0.05, 0.1) is 5.75 Å². The van der Waals surface area contributed by atoms with E-state index in [2.05, 4.69) is 5.32 Å². The Morgan fingerprint density at radius 2 is 1.86 bits per heavy atom. The highest BCUT2D eigenvalue weighted by molar-refractivity contribution is 8.00. The molecular weight excluding hydrogens is 293 g/mol. The Bertz CT molecular complexity index is 497. The first-order valence-electron chi connectivity index (χ1n) is 6.58. The number of esters is 1. The van der Waals surface area contributed by atoms with Crippen molar-refractivity contribution in [2.24, 2.45) is 0 Å². The molecule has 4 nitrogen and oxygen atoms in total. The molecule has 0 aliphatic rings. The molecule has 1 amide bonds. The fraction of sp³-hybridized carbons (Fsp3) is 0.467. The summed E-state index contributed by atoms with van der Waals surface area (Å²) in [6, 6.07) is 5.17. The summed E-state index contributed by atoms with van der Waals surface area (Å²) < 4.78 is 17.9. The number of hydrogen-bond donors (Lipinski definition) is 1. The lowest BCUT2D eigenvalue weighted by Crippen LogP contribution is -2.42. The second-order valence-electron chi connectivity index (χ2n) is 5.57. The van der Waals surface area contributed by atoms with E-state index in [0.717, 1.165) is 4.90 Å². The highest BCUT2D eigenvalue weighted by atomic mass is 32.2. The molecule has 1 aromatic rings. The van der Waals surface area contributed by atoms with Crippen LogP contribution in [0.1, 0.15) is 27.7 Å². The number of rotatable bonds is 5. The Labute approximate surface area is 128 Å². The molecule has 6 heteroatoms. The molecule has 0 unspecified atom stereocenters. The monoisotopic (exact) mass is 313 g/mol. The zero-order valence-electron chi connectivity index (χ0n) is 12.6. The number of carbonyl (C=O) groups excluding carboxylic acids is 2. The molecule has 1 N–H and O–H groups in total. The molecule has 0 saturated carbocycles. The molecule has 0 radical (unpaired) electrons. The average Bonchev–Trinajstić information content (AvgIpc) is 2.36. The summed E-state index contributed by atoms with van der Waals surface area (Å²) in [7, 11) is 0. The van der Waals surface area contributed by atoms with E-state index in [9.17, 15) is 14.0 Å². The van der Waals surface area contributed by atoms with E-state index in [1.165, 1.54) is 23.9 Å².